The Morgan fingerprint density at radius 3 is 2.56 bits per heavy atom. The van der Waals surface area contributed by atoms with E-state index in [1.165, 1.54) is 6.33 Å². The molecule has 5 rings (SSSR count). The first kappa shape index (κ1) is 32.1. The predicted molar refractivity (Wildman–Crippen MR) is 174 cm³/mol. The lowest BCUT2D eigenvalue weighted by molar-refractivity contribution is 0.0908. The van der Waals surface area contributed by atoms with Gasteiger partial charge >= 0.3 is 6.09 Å². The fourth-order valence-electron chi connectivity index (χ4n) is 5.02. The van der Waals surface area contributed by atoms with Crippen molar-refractivity contribution >= 4 is 23.5 Å². The number of carbonyl (C=O) groups is 1. The fraction of sp³-hybridized carbons (Fsp3) is 0.394. The van der Waals surface area contributed by atoms with Gasteiger partial charge in [0.2, 0.25) is 0 Å². The van der Waals surface area contributed by atoms with Crippen LogP contribution in [0.5, 0.6) is 0 Å². The van der Waals surface area contributed by atoms with Crippen molar-refractivity contribution in [1.29, 1.82) is 0 Å². The number of nitrogens with zero attached hydrogens (tertiary/aromatic N) is 5. The maximum atomic E-state index is 12.7. The van der Waals surface area contributed by atoms with Crippen LogP contribution in [0.15, 0.2) is 72.4 Å². The topological polar surface area (TPSA) is 164 Å². The molecule has 0 aliphatic heterocycles. The van der Waals surface area contributed by atoms with E-state index in [1.54, 1.807) is 24.7 Å². The molecule has 4 aromatic rings. The molecule has 1 aliphatic rings. The molecule has 1 fully saturated rings. The number of benzene rings is 2. The third kappa shape index (κ3) is 8.64. The highest BCUT2D eigenvalue weighted by Crippen LogP contribution is 2.39. The van der Waals surface area contributed by atoms with E-state index in [4.69, 9.17) is 27.1 Å². The van der Waals surface area contributed by atoms with Crippen molar-refractivity contribution < 1.29 is 14.6 Å². The van der Waals surface area contributed by atoms with Gasteiger partial charge in [0.15, 0.2) is 5.82 Å². The van der Waals surface area contributed by atoms with Gasteiger partial charge in [0, 0.05) is 42.0 Å². The summed E-state index contributed by atoms with van der Waals surface area (Å²) in [6, 6.07) is 13.0. The Kier molecular flexibility index (Phi) is 10.1. The van der Waals surface area contributed by atoms with Crippen LogP contribution in [-0.4, -0.2) is 61.4 Å². The van der Waals surface area contributed by atoms with Gasteiger partial charge in [-0.15, -0.1) is 0 Å². The van der Waals surface area contributed by atoms with Crippen LogP contribution in [0, 0.1) is 11.3 Å². The SMILES string of the molecule is CC(C)(C)CCN=C(N)C([C@H](COC(=O)NC1CC1)c1ccc(Cl)c(-c2ncn[nH]2)c1)[C@@H](O)c1ccc(-c2cnccn2)cc1. The molecule has 0 spiro atoms. The number of halogens is 1. The number of nitrogens with two attached hydrogens (primary N) is 1. The molecule has 0 saturated heterocycles. The molecule has 1 amide bonds. The molecule has 0 bridgehead atoms. The average Bonchev–Trinajstić information content (AvgIpc) is 3.66. The van der Waals surface area contributed by atoms with Crippen molar-refractivity contribution in [3.8, 4) is 22.6 Å². The van der Waals surface area contributed by atoms with Crippen LogP contribution in [0.1, 0.15) is 63.2 Å². The van der Waals surface area contributed by atoms with E-state index in [9.17, 15) is 9.90 Å². The van der Waals surface area contributed by atoms with Gasteiger partial charge in [0.25, 0.3) is 0 Å². The number of amides is 1. The number of hydrogen-bond donors (Lipinski definition) is 4. The summed E-state index contributed by atoms with van der Waals surface area (Å²) in [5, 5.41) is 22.2. The zero-order valence-corrected chi connectivity index (χ0v) is 26.4. The Morgan fingerprint density at radius 2 is 1.91 bits per heavy atom. The molecule has 236 valence electrons. The number of nitrogens with one attached hydrogen (secondary N) is 2. The molecule has 2 aromatic heterocycles. The van der Waals surface area contributed by atoms with Gasteiger partial charge in [-0.2, -0.15) is 5.10 Å². The van der Waals surface area contributed by atoms with E-state index in [2.05, 4.69) is 51.2 Å². The number of aromatic nitrogens is 5. The summed E-state index contributed by atoms with van der Waals surface area (Å²) in [6.07, 6.45) is 7.37. The van der Waals surface area contributed by atoms with Crippen molar-refractivity contribution in [2.75, 3.05) is 13.2 Å². The summed E-state index contributed by atoms with van der Waals surface area (Å²) >= 11 is 6.57. The van der Waals surface area contributed by atoms with E-state index < -0.39 is 24.0 Å². The predicted octanol–water partition coefficient (Wildman–Crippen LogP) is 5.70. The Bertz CT molecular complexity index is 1590. The summed E-state index contributed by atoms with van der Waals surface area (Å²) in [5.74, 6) is -0.611. The molecule has 11 nitrogen and oxygen atoms in total. The molecule has 2 heterocycles. The molecule has 1 unspecified atom stereocenters. The van der Waals surface area contributed by atoms with Crippen LogP contribution in [0.2, 0.25) is 5.02 Å². The number of rotatable bonds is 12. The Labute approximate surface area is 267 Å². The first-order valence-corrected chi connectivity index (χ1v) is 15.4. The minimum Gasteiger partial charge on any atom is -0.449 e. The number of amidine groups is 1. The Hall–Kier alpha value is -4.35. The second-order valence-corrected chi connectivity index (χ2v) is 12.9. The van der Waals surface area contributed by atoms with Crippen LogP contribution < -0.4 is 11.1 Å². The minimum absolute atomic E-state index is 0.0413. The van der Waals surface area contributed by atoms with Crippen molar-refractivity contribution in [2.45, 2.75) is 58.1 Å². The third-order valence-electron chi connectivity index (χ3n) is 7.76. The van der Waals surface area contributed by atoms with E-state index in [0.717, 1.165) is 30.4 Å². The third-order valence-corrected chi connectivity index (χ3v) is 8.09. The molecule has 0 radical (unpaired) electrons. The summed E-state index contributed by atoms with van der Waals surface area (Å²) < 4.78 is 5.77. The average molecular weight is 631 g/mol. The van der Waals surface area contributed by atoms with Gasteiger partial charge in [0.05, 0.1) is 28.9 Å². The lowest BCUT2D eigenvalue weighted by Gasteiger charge is -2.32. The van der Waals surface area contributed by atoms with Gasteiger partial charge < -0.3 is 20.9 Å². The Morgan fingerprint density at radius 1 is 1.16 bits per heavy atom. The number of aliphatic imine (C=N–C) groups is 1. The number of ether oxygens (including phenoxy) is 1. The van der Waals surface area contributed by atoms with Crippen LogP contribution in [0.25, 0.3) is 22.6 Å². The number of aromatic amines is 1. The monoisotopic (exact) mass is 630 g/mol. The molecule has 45 heavy (non-hydrogen) atoms. The molecule has 1 aliphatic carbocycles. The van der Waals surface area contributed by atoms with Gasteiger partial charge in [-0.1, -0.05) is 62.7 Å². The van der Waals surface area contributed by atoms with E-state index in [1.807, 2.05) is 36.4 Å². The van der Waals surface area contributed by atoms with Crippen molar-refractivity contribution in [3.63, 3.8) is 0 Å². The van der Waals surface area contributed by atoms with Crippen LogP contribution in [-0.2, 0) is 4.74 Å². The highest BCUT2D eigenvalue weighted by molar-refractivity contribution is 6.33. The van der Waals surface area contributed by atoms with Gasteiger partial charge in [-0.25, -0.2) is 9.78 Å². The van der Waals surface area contributed by atoms with Gasteiger partial charge in [-0.05, 0) is 47.9 Å². The van der Waals surface area contributed by atoms with Crippen LogP contribution in [0.4, 0.5) is 4.79 Å². The summed E-state index contributed by atoms with van der Waals surface area (Å²) in [5.41, 5.74) is 10.4. The van der Waals surface area contributed by atoms with Crippen molar-refractivity contribution in [1.82, 2.24) is 30.5 Å². The zero-order chi connectivity index (χ0) is 32.0. The van der Waals surface area contributed by atoms with E-state index in [-0.39, 0.29) is 23.9 Å². The highest BCUT2D eigenvalue weighted by atomic mass is 35.5. The molecule has 2 aromatic carbocycles. The summed E-state index contributed by atoms with van der Waals surface area (Å²) in [6.45, 7) is 6.82. The molecule has 3 atom stereocenters. The zero-order valence-electron chi connectivity index (χ0n) is 25.7. The number of hydrogen-bond acceptors (Lipinski definition) is 8. The van der Waals surface area contributed by atoms with Gasteiger partial charge in [-0.3, -0.25) is 20.1 Å². The summed E-state index contributed by atoms with van der Waals surface area (Å²) in [7, 11) is 0. The first-order valence-electron chi connectivity index (χ1n) is 15.0. The number of H-pyrrole nitrogens is 1. The van der Waals surface area contributed by atoms with Crippen molar-refractivity contribution in [3.05, 3.63) is 83.5 Å². The molecule has 5 N–H and O–H groups in total. The smallest absolute Gasteiger partial charge is 0.407 e. The number of carbonyl (C=O) groups excluding carboxylic acids is 1. The fourth-order valence-corrected chi connectivity index (χ4v) is 5.23. The van der Waals surface area contributed by atoms with Crippen LogP contribution in [0.3, 0.4) is 0 Å². The Balaban J connectivity index is 1.54. The second kappa shape index (κ2) is 14.2. The normalized spacial score (nSPS) is 15.7. The molecule has 1 saturated carbocycles. The second-order valence-electron chi connectivity index (χ2n) is 12.5. The van der Waals surface area contributed by atoms with E-state index >= 15 is 0 Å². The van der Waals surface area contributed by atoms with E-state index in [0.29, 0.717) is 34.2 Å². The lowest BCUT2D eigenvalue weighted by atomic mass is 9.79. The minimum atomic E-state index is -1.09. The quantitative estimate of drug-likeness (QED) is 0.114. The van der Waals surface area contributed by atoms with Crippen LogP contribution >= 0.6 is 11.6 Å². The standard InChI is InChI=1S/C33H39ClN8O3/c1-33(2,3)12-13-38-30(35)28(29(43)21-6-4-20(5-7-21)27-17-36-14-15-37-27)25(18-45-32(44)41-23-9-10-23)22-8-11-26(34)24(16-22)31-39-19-40-42-31/h4-8,11,14-17,19,23,25,28-29,43H,9-10,12-13,18H2,1-3H3,(H2,35,38)(H,41,44)(H,39,40,42)/t25-,28?,29+/m1/s1. The lowest BCUT2D eigenvalue weighted by Crippen LogP contribution is -2.38. The molecular weight excluding hydrogens is 592 g/mol. The molecular formula is C33H39ClN8O3. The highest BCUT2D eigenvalue weighted by Gasteiger charge is 2.36. The largest absolute Gasteiger partial charge is 0.449 e. The number of alkyl carbamates (subject to hydrolysis) is 1. The maximum Gasteiger partial charge on any atom is 0.407 e. The number of aliphatic hydroxyl groups is 1. The van der Waals surface area contributed by atoms with Gasteiger partial charge in [0.1, 0.15) is 18.8 Å². The summed E-state index contributed by atoms with van der Waals surface area (Å²) in [4.78, 5) is 30.2. The molecule has 12 heteroatoms. The van der Waals surface area contributed by atoms with Crippen molar-refractivity contribution in [2.24, 2.45) is 22.1 Å². The maximum absolute atomic E-state index is 12.7. The number of aliphatic hydroxyl groups excluding tert-OH is 1. The first-order chi connectivity index (χ1) is 21.6.